The lowest BCUT2D eigenvalue weighted by molar-refractivity contribution is -0.123. The summed E-state index contributed by atoms with van der Waals surface area (Å²) in [5.74, 6) is 0.995. The first-order valence-corrected chi connectivity index (χ1v) is 12.1. The van der Waals surface area contributed by atoms with E-state index in [1.807, 2.05) is 19.1 Å². The van der Waals surface area contributed by atoms with Crippen molar-refractivity contribution in [1.29, 1.82) is 0 Å². The first-order chi connectivity index (χ1) is 15.2. The zero-order valence-corrected chi connectivity index (χ0v) is 21.8. The molecule has 0 aromatic rings. The van der Waals surface area contributed by atoms with E-state index in [-0.39, 0.29) is 36.1 Å². The van der Waals surface area contributed by atoms with E-state index in [1.54, 1.807) is 21.1 Å². The highest BCUT2D eigenvalue weighted by atomic mass is 16.7. The van der Waals surface area contributed by atoms with Gasteiger partial charge < -0.3 is 14.2 Å². The lowest BCUT2D eigenvalue weighted by atomic mass is 9.87. The second kappa shape index (κ2) is 14.6. The Kier molecular flexibility index (Phi) is 13.0. The van der Waals surface area contributed by atoms with Gasteiger partial charge in [0.05, 0.1) is 12.2 Å². The normalized spacial score (nSPS) is 27.9. The molecule has 1 saturated heterocycles. The number of carbonyl (C=O) groups excluding carboxylic acids is 1. The van der Waals surface area contributed by atoms with Crippen LogP contribution in [0.15, 0.2) is 47.6 Å². The van der Waals surface area contributed by atoms with Crippen molar-refractivity contribution in [3.63, 3.8) is 0 Å². The van der Waals surface area contributed by atoms with E-state index in [9.17, 15) is 4.79 Å². The van der Waals surface area contributed by atoms with E-state index < -0.39 is 0 Å². The highest BCUT2D eigenvalue weighted by molar-refractivity contribution is 5.78. The van der Waals surface area contributed by atoms with Crippen LogP contribution in [0.4, 0.5) is 0 Å². The van der Waals surface area contributed by atoms with Crippen LogP contribution in [0.3, 0.4) is 0 Å². The first kappa shape index (κ1) is 28.5. The quantitative estimate of drug-likeness (QED) is 0.296. The number of ketones is 1. The summed E-state index contributed by atoms with van der Waals surface area (Å²) in [5, 5.41) is 0. The molecule has 0 radical (unpaired) electrons. The van der Waals surface area contributed by atoms with Crippen LogP contribution in [0.5, 0.6) is 0 Å². The van der Waals surface area contributed by atoms with Crippen molar-refractivity contribution in [2.75, 3.05) is 14.2 Å². The summed E-state index contributed by atoms with van der Waals surface area (Å²) in [5.41, 5.74) is 2.33. The topological polar surface area (TPSA) is 44.8 Å². The van der Waals surface area contributed by atoms with Crippen LogP contribution in [0.25, 0.3) is 0 Å². The fourth-order valence-corrected chi connectivity index (χ4v) is 4.17. The Hall–Kier alpha value is -1.49. The van der Waals surface area contributed by atoms with Gasteiger partial charge in [0.1, 0.15) is 5.78 Å². The van der Waals surface area contributed by atoms with Gasteiger partial charge in [0.25, 0.3) is 0 Å². The summed E-state index contributed by atoms with van der Waals surface area (Å²) in [6.07, 6.45) is 16.1. The Morgan fingerprint density at radius 3 is 2.38 bits per heavy atom. The van der Waals surface area contributed by atoms with Gasteiger partial charge in [-0.05, 0) is 44.6 Å². The largest absolute Gasteiger partial charge is 0.377 e. The van der Waals surface area contributed by atoms with Crippen LogP contribution in [0.2, 0.25) is 0 Å². The Labute approximate surface area is 196 Å². The third-order valence-corrected chi connectivity index (χ3v) is 6.58. The maximum absolute atomic E-state index is 11.7. The maximum atomic E-state index is 11.7. The van der Waals surface area contributed by atoms with Crippen LogP contribution in [-0.4, -0.2) is 38.5 Å². The zero-order chi connectivity index (χ0) is 24.3. The molecule has 1 fully saturated rings. The SMILES string of the molecule is CCCC[C@@H](C)C=CC=C(C)[C@H]1O[C@H](OC)[C@@H](C=C(C)C=C[C@H](OC)[C@@H](C)C(C)=O)[C@@H]1C. The lowest BCUT2D eigenvalue weighted by Gasteiger charge is -2.18. The number of methoxy groups -OCH3 is 2. The number of hydrogen-bond donors (Lipinski definition) is 0. The van der Waals surface area contributed by atoms with E-state index in [0.717, 1.165) is 5.57 Å². The number of rotatable bonds is 13. The van der Waals surface area contributed by atoms with Gasteiger partial charge in [0.2, 0.25) is 0 Å². The minimum absolute atomic E-state index is 0.0260. The van der Waals surface area contributed by atoms with Crippen molar-refractivity contribution in [2.24, 2.45) is 23.7 Å². The summed E-state index contributed by atoms with van der Waals surface area (Å²) in [6, 6.07) is 0. The van der Waals surface area contributed by atoms with Gasteiger partial charge in [-0.3, -0.25) is 4.79 Å². The van der Waals surface area contributed by atoms with Gasteiger partial charge in [0.15, 0.2) is 6.29 Å². The molecule has 1 rings (SSSR count). The zero-order valence-electron chi connectivity index (χ0n) is 21.8. The summed E-state index contributed by atoms with van der Waals surface area (Å²) in [4.78, 5) is 11.7. The van der Waals surface area contributed by atoms with E-state index in [2.05, 4.69) is 58.9 Å². The summed E-state index contributed by atoms with van der Waals surface area (Å²) < 4.78 is 17.4. The predicted octanol–water partition coefficient (Wildman–Crippen LogP) is 6.68. The van der Waals surface area contributed by atoms with Crippen molar-refractivity contribution in [1.82, 2.24) is 0 Å². The second-order valence-electron chi connectivity index (χ2n) is 9.38. The predicted molar refractivity (Wildman–Crippen MR) is 133 cm³/mol. The Morgan fingerprint density at radius 1 is 1.12 bits per heavy atom. The minimum Gasteiger partial charge on any atom is -0.377 e. The number of unbranched alkanes of at least 4 members (excludes halogenated alkanes) is 1. The molecular weight excluding hydrogens is 400 g/mol. The van der Waals surface area contributed by atoms with Gasteiger partial charge in [-0.25, -0.2) is 0 Å². The van der Waals surface area contributed by atoms with Crippen LogP contribution in [0.1, 0.15) is 67.7 Å². The van der Waals surface area contributed by atoms with E-state index in [4.69, 9.17) is 14.2 Å². The molecular formula is C28H46O4. The van der Waals surface area contributed by atoms with Crippen LogP contribution >= 0.6 is 0 Å². The average Bonchev–Trinajstić information content (AvgIpc) is 3.07. The van der Waals surface area contributed by atoms with E-state index >= 15 is 0 Å². The monoisotopic (exact) mass is 446 g/mol. The molecule has 4 heteroatoms. The highest BCUT2D eigenvalue weighted by Gasteiger charge is 2.41. The molecule has 0 aromatic carbocycles. The van der Waals surface area contributed by atoms with Gasteiger partial charge in [-0.15, -0.1) is 0 Å². The molecule has 1 heterocycles. The minimum atomic E-state index is -0.275. The number of carbonyl (C=O) groups is 1. The fourth-order valence-electron chi connectivity index (χ4n) is 4.17. The third kappa shape index (κ3) is 8.80. The average molecular weight is 447 g/mol. The molecule has 0 aliphatic carbocycles. The number of hydrogen-bond acceptors (Lipinski definition) is 4. The van der Waals surface area contributed by atoms with Gasteiger partial charge >= 0.3 is 0 Å². The first-order valence-electron chi connectivity index (χ1n) is 12.1. The summed E-state index contributed by atoms with van der Waals surface area (Å²) in [7, 11) is 3.34. The van der Waals surface area contributed by atoms with Gasteiger partial charge in [0, 0.05) is 26.1 Å². The third-order valence-electron chi connectivity index (χ3n) is 6.58. The smallest absolute Gasteiger partial charge is 0.164 e. The number of ether oxygens (including phenoxy) is 3. The van der Waals surface area contributed by atoms with Crippen molar-refractivity contribution in [2.45, 2.75) is 86.2 Å². The molecule has 7 atom stereocenters. The molecule has 1 aliphatic heterocycles. The van der Waals surface area contributed by atoms with Crippen LogP contribution in [-0.2, 0) is 19.0 Å². The Morgan fingerprint density at radius 2 is 1.81 bits per heavy atom. The molecule has 0 bridgehead atoms. The van der Waals surface area contributed by atoms with Crippen molar-refractivity contribution >= 4 is 5.78 Å². The molecule has 0 aromatic heterocycles. The molecule has 182 valence electrons. The van der Waals surface area contributed by atoms with Crippen molar-refractivity contribution < 1.29 is 19.0 Å². The van der Waals surface area contributed by atoms with E-state index in [1.165, 1.54) is 24.8 Å². The van der Waals surface area contributed by atoms with E-state index in [0.29, 0.717) is 11.8 Å². The molecule has 32 heavy (non-hydrogen) atoms. The van der Waals surface area contributed by atoms with Crippen molar-refractivity contribution in [3.05, 3.63) is 47.6 Å². The molecule has 0 amide bonds. The highest BCUT2D eigenvalue weighted by Crippen LogP contribution is 2.38. The molecule has 0 spiro atoms. The fraction of sp³-hybridized carbons (Fsp3) is 0.679. The molecule has 1 aliphatic rings. The van der Waals surface area contributed by atoms with Gasteiger partial charge in [-0.2, -0.15) is 0 Å². The maximum Gasteiger partial charge on any atom is 0.164 e. The molecule has 0 unspecified atom stereocenters. The summed E-state index contributed by atoms with van der Waals surface area (Å²) >= 11 is 0. The Balaban J connectivity index is 2.89. The molecule has 0 N–H and O–H groups in total. The summed E-state index contributed by atoms with van der Waals surface area (Å²) in [6.45, 7) is 14.4. The second-order valence-corrected chi connectivity index (χ2v) is 9.38. The van der Waals surface area contributed by atoms with Crippen LogP contribution < -0.4 is 0 Å². The molecule has 0 saturated carbocycles. The van der Waals surface area contributed by atoms with Gasteiger partial charge in [-0.1, -0.05) is 82.6 Å². The number of Topliss-reactive ketones (excluding diaryl/α,β-unsaturated/α-hetero) is 1. The van der Waals surface area contributed by atoms with Crippen LogP contribution in [0, 0.1) is 23.7 Å². The lowest BCUT2D eigenvalue weighted by Crippen LogP contribution is -2.24. The number of allylic oxidation sites excluding steroid dienone is 5. The Bertz CT molecular complexity index is 688. The van der Waals surface area contributed by atoms with Crippen molar-refractivity contribution in [3.8, 4) is 0 Å². The standard InChI is InChI=1S/C28H46O4/c1-10-11-13-19(2)14-12-15-21(4)27-23(6)25(28(31-9)32-27)18-20(3)16-17-26(30-8)22(5)24(7)29/h12,14-19,22-23,25-28H,10-11,13H2,1-9H3/t19-,22+,23+,25+,26+,27-,28+/m1/s1. The molecule has 4 nitrogen and oxygen atoms in total.